The Balaban J connectivity index is 1.32. The van der Waals surface area contributed by atoms with E-state index in [1.165, 1.54) is 6.07 Å². The lowest BCUT2D eigenvalue weighted by Crippen LogP contribution is -2.50. The number of aromatic carboxylic acids is 1. The maximum atomic E-state index is 12.4. The summed E-state index contributed by atoms with van der Waals surface area (Å²) in [6.07, 6.45) is 0. The Bertz CT molecular complexity index is 1650. The van der Waals surface area contributed by atoms with E-state index in [-0.39, 0.29) is 11.6 Å². The number of piperazine rings is 1. The van der Waals surface area contributed by atoms with Crippen LogP contribution in [0.15, 0.2) is 48.5 Å². The summed E-state index contributed by atoms with van der Waals surface area (Å²) in [6, 6.07) is 14.5. The number of carbonyl (C=O) groups is 1. The molecule has 0 unspecified atom stereocenters. The van der Waals surface area contributed by atoms with Gasteiger partial charge in [0.2, 0.25) is 10.0 Å². The second kappa shape index (κ2) is 10.5. The molecule has 0 spiro atoms. The van der Waals surface area contributed by atoms with E-state index in [0.29, 0.717) is 59.4 Å². The van der Waals surface area contributed by atoms with Crippen molar-refractivity contribution in [1.29, 1.82) is 0 Å². The zero-order valence-corrected chi connectivity index (χ0v) is 23.3. The van der Waals surface area contributed by atoms with Crippen molar-refractivity contribution in [3.05, 3.63) is 64.7 Å². The maximum absolute atomic E-state index is 12.4. The minimum atomic E-state index is -3.25. The van der Waals surface area contributed by atoms with E-state index >= 15 is 0 Å². The van der Waals surface area contributed by atoms with Crippen LogP contribution in [0.1, 0.15) is 29.8 Å². The topological polar surface area (TPSA) is 129 Å². The van der Waals surface area contributed by atoms with Crippen LogP contribution in [0, 0.1) is 6.92 Å². The second-order valence-corrected chi connectivity index (χ2v) is 12.5. The fourth-order valence-electron chi connectivity index (χ4n) is 4.48. The van der Waals surface area contributed by atoms with E-state index in [2.05, 4.69) is 19.9 Å². The zero-order chi connectivity index (χ0) is 27.9. The molecule has 1 aliphatic rings. The monoisotopic (exact) mass is 569 g/mol. The fourth-order valence-corrected chi connectivity index (χ4v) is 6.00. The lowest BCUT2D eigenvalue weighted by molar-refractivity contribution is 0.0695. The molecular formula is C27H28ClN5O5S. The number of hydrogen-bond acceptors (Lipinski definition) is 7. The molecule has 0 amide bonds. The van der Waals surface area contributed by atoms with Crippen LogP contribution in [-0.4, -0.2) is 70.2 Å². The Morgan fingerprint density at radius 1 is 1.05 bits per heavy atom. The van der Waals surface area contributed by atoms with E-state index in [4.69, 9.17) is 16.3 Å². The molecule has 1 fully saturated rings. The van der Waals surface area contributed by atoms with Crippen LogP contribution in [0.3, 0.4) is 0 Å². The number of aromatic nitrogens is 3. The molecule has 0 radical (unpaired) electrons. The number of H-pyrrole nitrogens is 1. The van der Waals surface area contributed by atoms with Gasteiger partial charge in [-0.1, -0.05) is 29.8 Å². The third-order valence-corrected chi connectivity index (χ3v) is 9.32. The highest BCUT2D eigenvalue weighted by Crippen LogP contribution is 2.32. The molecule has 2 aromatic carbocycles. The van der Waals surface area contributed by atoms with Gasteiger partial charge in [0.05, 0.1) is 21.5 Å². The molecule has 4 aromatic rings. The zero-order valence-electron chi connectivity index (χ0n) is 21.7. The number of carboxylic acids is 1. The Labute approximate surface area is 231 Å². The van der Waals surface area contributed by atoms with Gasteiger partial charge in [-0.25, -0.2) is 18.2 Å². The van der Waals surface area contributed by atoms with Crippen molar-refractivity contribution in [2.24, 2.45) is 0 Å². The van der Waals surface area contributed by atoms with Crippen LogP contribution in [0.2, 0.25) is 5.02 Å². The van der Waals surface area contributed by atoms with E-state index in [0.717, 1.165) is 11.3 Å². The predicted molar refractivity (Wildman–Crippen MR) is 150 cm³/mol. The van der Waals surface area contributed by atoms with E-state index < -0.39 is 21.2 Å². The first-order chi connectivity index (χ1) is 18.5. The molecule has 1 aliphatic heterocycles. The van der Waals surface area contributed by atoms with Crippen LogP contribution in [-0.2, 0) is 10.0 Å². The van der Waals surface area contributed by atoms with Gasteiger partial charge in [0.25, 0.3) is 0 Å². The van der Waals surface area contributed by atoms with Gasteiger partial charge in [-0.3, -0.25) is 4.98 Å². The highest BCUT2D eigenvalue weighted by atomic mass is 35.5. The van der Waals surface area contributed by atoms with Crippen molar-refractivity contribution in [1.82, 2.24) is 19.3 Å². The third-order valence-electron chi connectivity index (χ3n) is 6.76. The number of nitrogens with one attached hydrogen (secondary N) is 1. The van der Waals surface area contributed by atoms with Gasteiger partial charge in [0.15, 0.2) is 5.65 Å². The highest BCUT2D eigenvalue weighted by Gasteiger charge is 2.29. The van der Waals surface area contributed by atoms with E-state index in [1.807, 2.05) is 24.3 Å². The number of aryl methyl sites for hydroxylation is 1. The molecule has 0 bridgehead atoms. The quantitative estimate of drug-likeness (QED) is 0.320. The number of anilines is 1. The number of ether oxygens (including phenoxy) is 1. The number of sulfonamides is 1. The van der Waals surface area contributed by atoms with Gasteiger partial charge >= 0.3 is 12.0 Å². The van der Waals surface area contributed by atoms with Crippen molar-refractivity contribution in [3.63, 3.8) is 0 Å². The van der Waals surface area contributed by atoms with Gasteiger partial charge in [-0.2, -0.15) is 9.29 Å². The molecule has 10 nitrogen and oxygen atoms in total. The molecule has 12 heteroatoms. The number of halogens is 1. The molecule has 0 atom stereocenters. The third kappa shape index (κ3) is 5.42. The minimum absolute atomic E-state index is 0.151. The number of hydrogen-bond donors (Lipinski definition) is 2. The summed E-state index contributed by atoms with van der Waals surface area (Å²) in [4.78, 5) is 25.6. The normalized spacial score (nSPS) is 14.7. The molecule has 1 saturated heterocycles. The molecule has 3 heterocycles. The van der Waals surface area contributed by atoms with Gasteiger partial charge in [-0.05, 0) is 56.7 Å². The number of aromatic amines is 1. The summed E-state index contributed by atoms with van der Waals surface area (Å²) in [5.41, 5.74) is 4.14. The number of nitrogens with zero attached hydrogens (tertiary/aromatic N) is 4. The number of rotatable bonds is 7. The average Bonchev–Trinajstić information content (AvgIpc) is 3.30. The highest BCUT2D eigenvalue weighted by molar-refractivity contribution is 7.89. The molecular weight excluding hydrogens is 542 g/mol. The van der Waals surface area contributed by atoms with Crippen molar-refractivity contribution >= 4 is 44.4 Å². The molecule has 2 N–H and O–H groups in total. The van der Waals surface area contributed by atoms with Gasteiger partial charge < -0.3 is 14.7 Å². The Morgan fingerprint density at radius 2 is 1.74 bits per heavy atom. The van der Waals surface area contributed by atoms with Crippen molar-refractivity contribution < 1.29 is 23.1 Å². The Kier molecular flexibility index (Phi) is 7.23. The number of carboxylic acid groups (broad SMARTS) is 1. The molecule has 2 aromatic heterocycles. The molecule has 39 heavy (non-hydrogen) atoms. The van der Waals surface area contributed by atoms with Crippen LogP contribution < -0.4 is 9.64 Å². The molecule has 204 valence electrons. The van der Waals surface area contributed by atoms with Gasteiger partial charge in [0.1, 0.15) is 11.3 Å². The first-order valence-electron chi connectivity index (χ1n) is 12.5. The minimum Gasteiger partial charge on any atom is -0.478 e. The van der Waals surface area contributed by atoms with Crippen LogP contribution in [0.25, 0.3) is 22.4 Å². The van der Waals surface area contributed by atoms with Crippen molar-refractivity contribution in [2.75, 3.05) is 31.1 Å². The molecule has 0 saturated carbocycles. The largest absolute Gasteiger partial charge is 0.478 e. The molecule has 0 aliphatic carbocycles. The predicted octanol–water partition coefficient (Wildman–Crippen LogP) is 4.94. The summed E-state index contributed by atoms with van der Waals surface area (Å²) in [7, 11) is -3.25. The van der Waals surface area contributed by atoms with Crippen molar-refractivity contribution in [3.8, 4) is 23.0 Å². The second-order valence-electron chi connectivity index (χ2n) is 9.64. The fraction of sp³-hybridized carbons (Fsp3) is 0.296. The first kappa shape index (κ1) is 26.9. The summed E-state index contributed by atoms with van der Waals surface area (Å²) in [6.45, 7) is 7.26. The van der Waals surface area contributed by atoms with Gasteiger partial charge in [-0.15, -0.1) is 0 Å². The van der Waals surface area contributed by atoms with E-state index in [9.17, 15) is 18.3 Å². The Hall–Kier alpha value is -3.67. The molecule has 5 rings (SSSR count). The van der Waals surface area contributed by atoms with Gasteiger partial charge in [0, 0.05) is 37.4 Å². The summed E-state index contributed by atoms with van der Waals surface area (Å²) in [5, 5.41) is 9.35. The van der Waals surface area contributed by atoms with Crippen LogP contribution in [0.4, 0.5) is 5.69 Å². The lowest BCUT2D eigenvalue weighted by atomic mass is 10.1. The number of pyridine rings is 1. The average molecular weight is 570 g/mol. The van der Waals surface area contributed by atoms with Crippen LogP contribution in [0.5, 0.6) is 11.8 Å². The maximum Gasteiger partial charge on any atom is 0.336 e. The number of fused-ring (bicyclic) bond motifs is 1. The SMILES string of the molecule is Cc1ccc(Oc2nc3cc(Cl)c(-c4ccc(N5CCN(S(=O)(=O)C(C)C)CC5)cc4)nc3[nH]2)cc1C(=O)O. The van der Waals surface area contributed by atoms with Crippen LogP contribution >= 0.6 is 11.6 Å². The number of imidazole rings is 1. The summed E-state index contributed by atoms with van der Waals surface area (Å²) >= 11 is 6.56. The van der Waals surface area contributed by atoms with Crippen molar-refractivity contribution in [2.45, 2.75) is 26.0 Å². The first-order valence-corrected chi connectivity index (χ1v) is 14.3. The summed E-state index contributed by atoms with van der Waals surface area (Å²) in [5.74, 6) is -0.699. The van der Waals surface area contributed by atoms with E-state index in [1.54, 1.807) is 43.3 Å². The smallest absolute Gasteiger partial charge is 0.336 e. The Morgan fingerprint density at radius 3 is 2.38 bits per heavy atom. The lowest BCUT2D eigenvalue weighted by Gasteiger charge is -2.36. The standard InChI is InChI=1S/C27H28ClN5O5S/c1-16(2)39(36,37)33-12-10-32(11-13-33)19-7-5-18(6-8-19)24-22(28)15-23-25(30-24)31-27(29-23)38-20-9-4-17(3)21(14-20)26(34)35/h4-9,14-16H,10-13H2,1-3H3,(H,34,35)(H,29,30,31). The summed E-state index contributed by atoms with van der Waals surface area (Å²) < 4.78 is 32.2. The number of benzene rings is 2.